The molecule has 1 aromatic heterocycles. The Kier molecular flexibility index (Phi) is 3.79. The van der Waals surface area contributed by atoms with Crippen LogP contribution in [0, 0.1) is 6.92 Å². The lowest BCUT2D eigenvalue weighted by atomic mass is 10.0. The average Bonchev–Trinajstić information content (AvgIpc) is 2.82. The molecule has 1 heterocycles. The molecule has 0 saturated carbocycles. The molecule has 0 N–H and O–H groups in total. The molecule has 3 aromatic rings. The summed E-state index contributed by atoms with van der Waals surface area (Å²) < 4.78 is 2.47. The van der Waals surface area contributed by atoms with E-state index in [4.69, 9.17) is 0 Å². The Balaban J connectivity index is 2.10. The summed E-state index contributed by atoms with van der Waals surface area (Å²) >= 11 is 9.19. The van der Waals surface area contributed by atoms with Crippen molar-refractivity contribution in [3.63, 3.8) is 0 Å². The van der Waals surface area contributed by atoms with Gasteiger partial charge in [-0.3, -0.25) is 0 Å². The third-order valence-corrected chi connectivity index (χ3v) is 5.75. The lowest BCUT2D eigenvalue weighted by Crippen LogP contribution is -1.94. The summed E-state index contributed by atoms with van der Waals surface area (Å²) in [4.78, 5) is 0.247. The molecule has 96 valence electrons. The predicted octanol–water partition coefficient (Wildman–Crippen LogP) is 6.46. The van der Waals surface area contributed by atoms with Crippen LogP contribution in [-0.4, -0.2) is 0 Å². The van der Waals surface area contributed by atoms with Crippen LogP contribution in [-0.2, 0) is 0 Å². The minimum Gasteiger partial charge on any atom is -0.143 e. The fourth-order valence-corrected chi connectivity index (χ4v) is 4.82. The Bertz CT molecular complexity index is 730. The van der Waals surface area contributed by atoms with E-state index >= 15 is 0 Å². The van der Waals surface area contributed by atoms with E-state index in [0.29, 0.717) is 0 Å². The standard InChI is InChI=1S/C16H12Br2S/c1-10-8-11(17)6-7-12(10)16(18)14-9-19-15-5-3-2-4-13(14)15/h2-9,16H,1H3. The molecule has 3 heteroatoms. The first-order chi connectivity index (χ1) is 9.16. The number of rotatable bonds is 2. The maximum atomic E-state index is 3.86. The number of benzene rings is 2. The van der Waals surface area contributed by atoms with E-state index in [1.54, 1.807) is 11.3 Å². The molecule has 0 aliphatic rings. The molecule has 1 atom stereocenters. The van der Waals surface area contributed by atoms with Crippen molar-refractivity contribution in [2.45, 2.75) is 11.8 Å². The lowest BCUT2D eigenvalue weighted by molar-refractivity contribution is 1.16. The van der Waals surface area contributed by atoms with Gasteiger partial charge in [0, 0.05) is 9.17 Å². The summed E-state index contributed by atoms with van der Waals surface area (Å²) in [5, 5.41) is 3.60. The highest BCUT2D eigenvalue weighted by atomic mass is 79.9. The Morgan fingerprint density at radius 2 is 1.84 bits per heavy atom. The Morgan fingerprint density at radius 1 is 1.05 bits per heavy atom. The third-order valence-electron chi connectivity index (χ3n) is 3.29. The van der Waals surface area contributed by atoms with Gasteiger partial charge >= 0.3 is 0 Å². The van der Waals surface area contributed by atoms with E-state index < -0.39 is 0 Å². The molecule has 0 aliphatic heterocycles. The van der Waals surface area contributed by atoms with Crippen molar-refractivity contribution >= 4 is 53.3 Å². The van der Waals surface area contributed by atoms with Crippen molar-refractivity contribution in [3.05, 3.63) is 69.0 Å². The van der Waals surface area contributed by atoms with Crippen LogP contribution in [0.2, 0.25) is 0 Å². The molecule has 0 radical (unpaired) electrons. The van der Waals surface area contributed by atoms with Crippen molar-refractivity contribution in [1.82, 2.24) is 0 Å². The van der Waals surface area contributed by atoms with Gasteiger partial charge in [0.15, 0.2) is 0 Å². The Morgan fingerprint density at radius 3 is 2.63 bits per heavy atom. The van der Waals surface area contributed by atoms with Crippen molar-refractivity contribution < 1.29 is 0 Å². The topological polar surface area (TPSA) is 0 Å². The van der Waals surface area contributed by atoms with Gasteiger partial charge in [-0.15, -0.1) is 11.3 Å². The van der Waals surface area contributed by atoms with Crippen molar-refractivity contribution in [2.75, 3.05) is 0 Å². The van der Waals surface area contributed by atoms with Crippen LogP contribution in [0.15, 0.2) is 52.3 Å². The summed E-state index contributed by atoms with van der Waals surface area (Å²) in [6, 6.07) is 15.0. The van der Waals surface area contributed by atoms with E-state index in [2.05, 4.69) is 86.6 Å². The average molecular weight is 396 g/mol. The van der Waals surface area contributed by atoms with Gasteiger partial charge in [-0.1, -0.05) is 56.1 Å². The van der Waals surface area contributed by atoms with Gasteiger partial charge in [0.1, 0.15) is 0 Å². The monoisotopic (exact) mass is 394 g/mol. The van der Waals surface area contributed by atoms with Gasteiger partial charge in [0.2, 0.25) is 0 Å². The van der Waals surface area contributed by atoms with E-state index in [1.807, 2.05) is 0 Å². The molecular formula is C16H12Br2S. The minimum atomic E-state index is 0.247. The van der Waals surface area contributed by atoms with Crippen LogP contribution in [0.25, 0.3) is 10.1 Å². The zero-order valence-electron chi connectivity index (χ0n) is 10.4. The number of halogens is 2. The van der Waals surface area contributed by atoms with Crippen LogP contribution in [0.4, 0.5) is 0 Å². The van der Waals surface area contributed by atoms with Gasteiger partial charge in [-0.2, -0.15) is 0 Å². The molecule has 0 fully saturated rings. The second-order valence-electron chi connectivity index (χ2n) is 4.55. The Labute approximate surface area is 133 Å². The fraction of sp³-hybridized carbons (Fsp3) is 0.125. The first-order valence-corrected chi connectivity index (χ1v) is 8.62. The molecular weight excluding hydrogens is 384 g/mol. The molecule has 0 spiro atoms. The highest BCUT2D eigenvalue weighted by Gasteiger charge is 2.16. The summed E-state index contributed by atoms with van der Waals surface area (Å²) in [5.74, 6) is 0. The fourth-order valence-electron chi connectivity index (χ4n) is 2.29. The molecule has 0 amide bonds. The van der Waals surface area contributed by atoms with Crippen LogP contribution >= 0.6 is 43.2 Å². The van der Waals surface area contributed by atoms with E-state index in [-0.39, 0.29) is 4.83 Å². The molecule has 19 heavy (non-hydrogen) atoms. The largest absolute Gasteiger partial charge is 0.143 e. The highest BCUT2D eigenvalue weighted by molar-refractivity contribution is 9.10. The maximum Gasteiger partial charge on any atom is 0.0661 e. The van der Waals surface area contributed by atoms with Gasteiger partial charge in [0.05, 0.1) is 4.83 Å². The molecule has 0 aliphatic carbocycles. The van der Waals surface area contributed by atoms with Crippen molar-refractivity contribution in [2.24, 2.45) is 0 Å². The quantitative estimate of drug-likeness (QED) is 0.437. The first-order valence-electron chi connectivity index (χ1n) is 6.03. The van der Waals surface area contributed by atoms with Crippen LogP contribution < -0.4 is 0 Å². The third kappa shape index (κ3) is 2.51. The van der Waals surface area contributed by atoms with Crippen LogP contribution in [0.5, 0.6) is 0 Å². The van der Waals surface area contributed by atoms with Crippen molar-refractivity contribution in [1.29, 1.82) is 0 Å². The number of fused-ring (bicyclic) bond motifs is 1. The second kappa shape index (κ2) is 5.39. The first kappa shape index (κ1) is 13.3. The van der Waals surface area contributed by atoms with Gasteiger partial charge in [-0.05, 0) is 52.6 Å². The van der Waals surface area contributed by atoms with Gasteiger partial charge < -0.3 is 0 Å². The van der Waals surface area contributed by atoms with E-state index in [0.717, 1.165) is 4.47 Å². The number of alkyl halides is 1. The molecule has 0 nitrogen and oxygen atoms in total. The zero-order chi connectivity index (χ0) is 13.4. The normalized spacial score (nSPS) is 12.8. The Hall–Kier alpha value is -0.640. The maximum absolute atomic E-state index is 3.86. The number of hydrogen-bond acceptors (Lipinski definition) is 1. The van der Waals surface area contributed by atoms with Crippen LogP contribution in [0.1, 0.15) is 21.5 Å². The van der Waals surface area contributed by atoms with E-state index in [1.165, 1.54) is 26.8 Å². The summed E-state index contributed by atoms with van der Waals surface area (Å²) in [6.07, 6.45) is 0. The van der Waals surface area contributed by atoms with Gasteiger partial charge in [-0.25, -0.2) is 0 Å². The molecule has 1 unspecified atom stereocenters. The van der Waals surface area contributed by atoms with Crippen LogP contribution in [0.3, 0.4) is 0 Å². The van der Waals surface area contributed by atoms with E-state index in [9.17, 15) is 0 Å². The molecule has 0 bridgehead atoms. The smallest absolute Gasteiger partial charge is 0.0661 e. The summed E-state index contributed by atoms with van der Waals surface area (Å²) in [5.41, 5.74) is 3.98. The predicted molar refractivity (Wildman–Crippen MR) is 91.5 cm³/mol. The van der Waals surface area contributed by atoms with Gasteiger partial charge in [0.25, 0.3) is 0 Å². The molecule has 2 aromatic carbocycles. The SMILES string of the molecule is Cc1cc(Br)ccc1C(Br)c1csc2ccccc12. The number of hydrogen-bond donors (Lipinski definition) is 0. The molecule has 3 rings (SSSR count). The van der Waals surface area contributed by atoms with Crippen molar-refractivity contribution in [3.8, 4) is 0 Å². The molecule has 0 saturated heterocycles. The second-order valence-corrected chi connectivity index (χ2v) is 7.29. The zero-order valence-corrected chi connectivity index (χ0v) is 14.3. The number of thiophene rings is 1. The highest BCUT2D eigenvalue weighted by Crippen LogP contribution is 2.40. The number of aryl methyl sites for hydroxylation is 1. The summed E-state index contributed by atoms with van der Waals surface area (Å²) in [6.45, 7) is 2.16. The lowest BCUT2D eigenvalue weighted by Gasteiger charge is -2.13. The summed E-state index contributed by atoms with van der Waals surface area (Å²) in [7, 11) is 0. The minimum absolute atomic E-state index is 0.247.